The van der Waals surface area contributed by atoms with Crippen molar-refractivity contribution in [2.75, 3.05) is 80.7 Å². The molecule has 0 radical (unpaired) electrons. The summed E-state index contributed by atoms with van der Waals surface area (Å²) >= 11 is 5.51. The van der Waals surface area contributed by atoms with Crippen molar-refractivity contribution in [3.63, 3.8) is 0 Å². The number of nitrogens with two attached hydrogens (primary N) is 1. The second-order valence-electron chi connectivity index (χ2n) is 22.2. The number of hydrogen-bond donors (Lipinski definition) is 5. The van der Waals surface area contributed by atoms with E-state index in [2.05, 4.69) is 5.32 Å². The Balaban J connectivity index is 1.53. The van der Waals surface area contributed by atoms with Crippen molar-refractivity contribution in [3.05, 3.63) is 47.6 Å². The summed E-state index contributed by atoms with van der Waals surface area (Å²) in [6.45, 7) is 13.9. The minimum Gasteiger partial charge on any atom is -0.465 e. The molecule has 4 rings (SSSR count). The summed E-state index contributed by atoms with van der Waals surface area (Å²) in [6, 6.07) is -2.14. The number of aliphatic hydroxyl groups excluding tert-OH is 2. The van der Waals surface area contributed by atoms with Crippen molar-refractivity contribution in [2.24, 2.45) is 35.3 Å². The number of nitrogens with zero attached hydrogens (tertiary/aromatic N) is 1. The van der Waals surface area contributed by atoms with Gasteiger partial charge in [-0.05, 0) is 113 Å². The molecule has 6 N–H and O–H groups in total. The second-order valence-corrected chi connectivity index (χ2v) is 22.6. The van der Waals surface area contributed by atoms with Gasteiger partial charge in [-0.1, -0.05) is 64.2 Å². The van der Waals surface area contributed by atoms with Gasteiger partial charge in [0.2, 0.25) is 5.79 Å². The van der Waals surface area contributed by atoms with Gasteiger partial charge in [0.25, 0.3) is 16.9 Å². The fraction of sp³-hybridized carbons (Fsp3) is 0.763. The molecule has 0 aromatic heterocycles. The Kier molecular flexibility index (Phi) is 30.3. The molecule has 3 aliphatic heterocycles. The molecule has 4 aliphatic rings. The fourth-order valence-electron chi connectivity index (χ4n) is 10.9. The van der Waals surface area contributed by atoms with Gasteiger partial charge in [-0.3, -0.25) is 19.2 Å². The van der Waals surface area contributed by atoms with Crippen LogP contribution in [0.5, 0.6) is 0 Å². The smallest absolute Gasteiger partial charge is 0.329 e. The average molecular weight is 1150 g/mol. The molecule has 3 fully saturated rings. The number of ether oxygens (including phenoxy) is 9. The quantitative estimate of drug-likeness (QED) is 0.0405. The molecular weight excluding hydrogens is 1050 g/mol. The first-order chi connectivity index (χ1) is 38.1. The van der Waals surface area contributed by atoms with Crippen LogP contribution in [-0.4, -0.2) is 196 Å². The van der Waals surface area contributed by atoms with E-state index < -0.39 is 95.4 Å². The molecular formula is C59H95N3O17S. The largest absolute Gasteiger partial charge is 0.465 e. The summed E-state index contributed by atoms with van der Waals surface area (Å²) in [4.78, 5) is 72.1. The number of nitrogens with one attached hydrogen (secondary N) is 1. The number of thiocarbonyl (C=S) groups is 1. The highest BCUT2D eigenvalue weighted by molar-refractivity contribution is 7.80. The van der Waals surface area contributed by atoms with Gasteiger partial charge in [0, 0.05) is 71.1 Å². The molecule has 1 unspecified atom stereocenters. The SMILES string of the molecule is COCCOCCOCCOCCNC(=S)O[C@@H]1CCC(C[C@@H](N)[C@@H]2CC(=O)[C@H](C)/C=C(\C)[C@@H](O)[C@@H](O)C(=O)[C@H](C)C[C@H](C)/C=C/C=C/C=C(\C)[C@@H](OC)C[C@@H]3CC[C@@H](C)[C@@](O)(O3)C(=O)C(=O)N3CCCC[C@H]3C(=O)O2)C[C@H]1OC. The number of piperidine rings is 1. The Bertz CT molecular complexity index is 2110. The van der Waals surface area contributed by atoms with Gasteiger partial charge in [-0.2, -0.15) is 0 Å². The van der Waals surface area contributed by atoms with Crippen LogP contribution in [0, 0.1) is 29.6 Å². The van der Waals surface area contributed by atoms with E-state index in [4.69, 9.17) is 60.6 Å². The third-order valence-corrected chi connectivity index (χ3v) is 16.2. The summed E-state index contributed by atoms with van der Waals surface area (Å²) in [6.07, 6.45) is 8.78. The van der Waals surface area contributed by atoms with Gasteiger partial charge >= 0.3 is 5.97 Å². The highest BCUT2D eigenvalue weighted by Gasteiger charge is 2.53. The maximum Gasteiger partial charge on any atom is 0.329 e. The van der Waals surface area contributed by atoms with Crippen LogP contribution in [0.1, 0.15) is 119 Å². The van der Waals surface area contributed by atoms with E-state index in [0.29, 0.717) is 111 Å². The number of cyclic esters (lactones) is 1. The van der Waals surface area contributed by atoms with Crippen LogP contribution < -0.4 is 11.1 Å². The van der Waals surface area contributed by atoms with Crippen LogP contribution in [0.3, 0.4) is 0 Å². The number of Topliss-reactive ketones (excluding diaryl/α,β-unsaturated/α-hetero) is 3. The number of allylic oxidation sites excluding steroid dienone is 6. The lowest BCUT2D eigenvalue weighted by molar-refractivity contribution is -0.265. The summed E-state index contributed by atoms with van der Waals surface area (Å²) in [5.41, 5.74) is 8.04. The molecule has 0 aromatic carbocycles. The van der Waals surface area contributed by atoms with Crippen molar-refractivity contribution < 1.29 is 81.9 Å². The highest BCUT2D eigenvalue weighted by Crippen LogP contribution is 2.37. The van der Waals surface area contributed by atoms with E-state index in [9.17, 15) is 39.3 Å². The number of hydrogen-bond acceptors (Lipinski definition) is 19. The summed E-state index contributed by atoms with van der Waals surface area (Å²) in [5.74, 6) is -8.91. The number of aliphatic hydroxyl groups is 3. The number of amides is 1. The first kappa shape index (κ1) is 68.7. The molecule has 2 bridgehead atoms. The van der Waals surface area contributed by atoms with E-state index in [-0.39, 0.29) is 60.6 Å². The first-order valence-electron chi connectivity index (χ1n) is 28.7. The first-order valence-corrected chi connectivity index (χ1v) is 29.1. The lowest BCUT2D eigenvalue weighted by Crippen LogP contribution is -2.61. The number of esters is 1. The molecule has 1 aliphatic carbocycles. The van der Waals surface area contributed by atoms with E-state index >= 15 is 0 Å². The Morgan fingerprint density at radius 2 is 1.50 bits per heavy atom. The van der Waals surface area contributed by atoms with Crippen LogP contribution in [0.4, 0.5) is 0 Å². The molecule has 454 valence electrons. The van der Waals surface area contributed by atoms with Crippen LogP contribution in [0.25, 0.3) is 0 Å². The molecule has 0 spiro atoms. The number of carbonyl (C=O) groups is 5. The average Bonchev–Trinajstić information content (AvgIpc) is 3.45. The molecule has 1 saturated carbocycles. The number of carbonyl (C=O) groups excluding carboxylic acids is 5. The van der Waals surface area contributed by atoms with Crippen molar-refractivity contribution in [1.29, 1.82) is 0 Å². The molecule has 3 heterocycles. The molecule has 15 atom stereocenters. The fourth-order valence-corrected chi connectivity index (χ4v) is 11.1. The lowest BCUT2D eigenvalue weighted by Gasteiger charge is -2.42. The molecule has 20 nitrogen and oxygen atoms in total. The number of fused-ring (bicyclic) bond motifs is 3. The summed E-state index contributed by atoms with van der Waals surface area (Å²) in [5, 5.41) is 37.6. The van der Waals surface area contributed by atoms with Crippen LogP contribution in [0.15, 0.2) is 47.6 Å². The molecule has 0 aromatic rings. The molecule has 1 amide bonds. The number of rotatable bonds is 18. The zero-order valence-corrected chi connectivity index (χ0v) is 49.7. The van der Waals surface area contributed by atoms with Gasteiger partial charge in [0.1, 0.15) is 36.2 Å². The van der Waals surface area contributed by atoms with Crippen molar-refractivity contribution in [3.8, 4) is 0 Å². The zero-order valence-electron chi connectivity index (χ0n) is 48.9. The Hall–Kier alpha value is -3.84. The second kappa shape index (κ2) is 35.3. The van der Waals surface area contributed by atoms with Crippen LogP contribution in [-0.2, 0) is 66.6 Å². The third kappa shape index (κ3) is 21.4. The van der Waals surface area contributed by atoms with Crippen molar-refractivity contribution in [2.45, 2.75) is 179 Å². The molecule has 21 heteroatoms. The standard InChI is InChI=1S/C59H95N3O17S/c1-37-15-11-10-12-16-38(2)49(72-8)35-44-20-18-42(6)59(70,79-44)55(67)56(68)62-23-14-13-17-46(62)57(69)77-50(36-47(63)39(3)32-41(5)53(65)54(66)52(64)40(4)31-37)45(60)33-43-19-21-48(51(34-43)73-9)78-58(80)61-22-24-74-27-28-76-30-29-75-26-25-71-7/h10-12,15-16,32,37,39-40,42-46,48-51,53-54,65-66,70H,13-14,17-31,33-36,60H2,1-9H3,(H,61,80)/b12-10+,15-11+,38-16+,41-32+/t37-,39-,40-,42-,43?,44+,45-,46+,48-,49+,50+,51-,53-,54+,59-/m1/s1. The van der Waals surface area contributed by atoms with Crippen LogP contribution >= 0.6 is 12.2 Å². The van der Waals surface area contributed by atoms with Crippen molar-refractivity contribution >= 4 is 46.6 Å². The number of ketones is 3. The summed E-state index contributed by atoms with van der Waals surface area (Å²) < 4.78 is 51.7. The topological polar surface area (TPSA) is 270 Å². The van der Waals surface area contributed by atoms with Crippen molar-refractivity contribution in [1.82, 2.24) is 10.2 Å². The summed E-state index contributed by atoms with van der Waals surface area (Å²) in [7, 11) is 4.76. The van der Waals surface area contributed by atoms with E-state index in [1.807, 2.05) is 44.2 Å². The third-order valence-electron chi connectivity index (χ3n) is 15.9. The van der Waals surface area contributed by atoms with Gasteiger partial charge in [-0.25, -0.2) is 4.79 Å². The van der Waals surface area contributed by atoms with E-state index in [0.717, 1.165) is 10.5 Å². The van der Waals surface area contributed by atoms with Gasteiger partial charge in [0.05, 0.1) is 64.6 Å². The Morgan fingerprint density at radius 3 is 2.17 bits per heavy atom. The predicted octanol–water partition coefficient (Wildman–Crippen LogP) is 4.81. The van der Waals surface area contributed by atoms with Gasteiger partial charge in [-0.15, -0.1) is 0 Å². The monoisotopic (exact) mass is 1150 g/mol. The van der Waals surface area contributed by atoms with Gasteiger partial charge < -0.3 is 73.9 Å². The van der Waals surface area contributed by atoms with E-state index in [1.54, 1.807) is 42.1 Å². The minimum atomic E-state index is -2.48. The maximum atomic E-state index is 14.5. The maximum absolute atomic E-state index is 14.5. The molecule has 2 saturated heterocycles. The Labute approximate surface area is 479 Å². The lowest BCUT2D eigenvalue weighted by atomic mass is 9.80. The highest BCUT2D eigenvalue weighted by atomic mass is 32.1. The Morgan fingerprint density at radius 1 is 0.812 bits per heavy atom. The zero-order chi connectivity index (χ0) is 58.9. The number of methoxy groups -OCH3 is 3. The van der Waals surface area contributed by atoms with Gasteiger partial charge in [0.15, 0.2) is 5.78 Å². The predicted molar refractivity (Wildman–Crippen MR) is 303 cm³/mol. The molecule has 80 heavy (non-hydrogen) atoms. The minimum absolute atomic E-state index is 0.0285. The normalized spacial score (nSPS) is 34.9. The van der Waals surface area contributed by atoms with E-state index in [1.165, 1.54) is 13.0 Å². The van der Waals surface area contributed by atoms with Crippen LogP contribution in [0.2, 0.25) is 0 Å².